The molecule has 0 amide bonds. The highest BCUT2D eigenvalue weighted by atomic mass is 16.5. The van der Waals surface area contributed by atoms with E-state index in [0.717, 1.165) is 18.7 Å². The summed E-state index contributed by atoms with van der Waals surface area (Å²) >= 11 is 0. The molecule has 0 saturated heterocycles. The monoisotopic (exact) mass is 247 g/mol. The first-order valence-electron chi connectivity index (χ1n) is 5.87. The summed E-state index contributed by atoms with van der Waals surface area (Å²) in [6.45, 7) is 2.97. The molecule has 2 aromatic heterocycles. The first-order valence-corrected chi connectivity index (χ1v) is 5.87. The molecule has 1 atom stereocenters. The molecular formula is C12H17N5O. The molecule has 0 aliphatic carbocycles. The summed E-state index contributed by atoms with van der Waals surface area (Å²) in [5, 5.41) is 7.44. The summed E-state index contributed by atoms with van der Waals surface area (Å²) in [6, 6.07) is 4.13. The maximum Gasteiger partial charge on any atom is 0.213 e. The normalized spacial score (nSPS) is 12.1. The Kier molecular flexibility index (Phi) is 4.11. The van der Waals surface area contributed by atoms with Crippen molar-refractivity contribution in [3.8, 4) is 5.88 Å². The quantitative estimate of drug-likeness (QED) is 0.839. The molecule has 18 heavy (non-hydrogen) atoms. The third-order valence-corrected chi connectivity index (χ3v) is 2.62. The van der Waals surface area contributed by atoms with Crippen molar-refractivity contribution in [2.24, 2.45) is 0 Å². The van der Waals surface area contributed by atoms with Crippen molar-refractivity contribution in [1.29, 1.82) is 0 Å². The Bertz CT molecular complexity index is 454. The number of anilines is 1. The molecule has 0 aliphatic heterocycles. The Labute approximate surface area is 106 Å². The maximum absolute atomic E-state index is 5.01. The maximum atomic E-state index is 5.01. The molecule has 0 spiro atoms. The first kappa shape index (κ1) is 12.3. The van der Waals surface area contributed by atoms with Crippen molar-refractivity contribution >= 4 is 5.69 Å². The summed E-state index contributed by atoms with van der Waals surface area (Å²) in [4.78, 5) is 8.06. The summed E-state index contributed by atoms with van der Waals surface area (Å²) < 4.78 is 6.84. The van der Waals surface area contributed by atoms with Crippen molar-refractivity contribution in [3.05, 3.63) is 31.0 Å². The van der Waals surface area contributed by atoms with Gasteiger partial charge in [0.2, 0.25) is 5.88 Å². The smallest absolute Gasteiger partial charge is 0.213 e. The second-order valence-electron chi connectivity index (χ2n) is 4.08. The standard InChI is InChI=1S/C12H17N5O/c1-10(5-6-17-9-13-8-15-17)16-11-3-4-12(18-2)14-7-11/h3-4,7-10,16H,5-6H2,1-2H3. The van der Waals surface area contributed by atoms with E-state index in [-0.39, 0.29) is 0 Å². The lowest BCUT2D eigenvalue weighted by Gasteiger charge is -2.14. The van der Waals surface area contributed by atoms with Gasteiger partial charge in [-0.15, -0.1) is 0 Å². The zero-order chi connectivity index (χ0) is 12.8. The topological polar surface area (TPSA) is 64.9 Å². The minimum Gasteiger partial charge on any atom is -0.481 e. The number of rotatable bonds is 6. The van der Waals surface area contributed by atoms with E-state index >= 15 is 0 Å². The van der Waals surface area contributed by atoms with Crippen molar-refractivity contribution in [1.82, 2.24) is 19.7 Å². The van der Waals surface area contributed by atoms with E-state index < -0.39 is 0 Å². The van der Waals surface area contributed by atoms with Gasteiger partial charge in [0.25, 0.3) is 0 Å². The van der Waals surface area contributed by atoms with Gasteiger partial charge in [0.15, 0.2) is 0 Å². The molecule has 0 aromatic carbocycles. The van der Waals surface area contributed by atoms with Gasteiger partial charge in [-0.2, -0.15) is 5.10 Å². The zero-order valence-electron chi connectivity index (χ0n) is 10.6. The van der Waals surface area contributed by atoms with Crippen LogP contribution in [0.1, 0.15) is 13.3 Å². The van der Waals surface area contributed by atoms with Gasteiger partial charge in [0.1, 0.15) is 12.7 Å². The molecule has 2 heterocycles. The lowest BCUT2D eigenvalue weighted by atomic mass is 10.2. The van der Waals surface area contributed by atoms with Gasteiger partial charge in [-0.05, 0) is 19.4 Å². The first-order chi connectivity index (χ1) is 8.78. The summed E-state index contributed by atoms with van der Waals surface area (Å²) in [7, 11) is 1.61. The van der Waals surface area contributed by atoms with Crippen LogP contribution in [-0.4, -0.2) is 32.9 Å². The van der Waals surface area contributed by atoms with Crippen LogP contribution < -0.4 is 10.1 Å². The Morgan fingerprint density at radius 1 is 1.44 bits per heavy atom. The molecule has 1 unspecified atom stereocenters. The van der Waals surface area contributed by atoms with Gasteiger partial charge in [0.05, 0.1) is 19.0 Å². The molecule has 0 aliphatic rings. The number of aryl methyl sites for hydroxylation is 1. The van der Waals surface area contributed by atoms with Crippen molar-refractivity contribution in [3.63, 3.8) is 0 Å². The average molecular weight is 247 g/mol. The highest BCUT2D eigenvalue weighted by molar-refractivity contribution is 5.42. The van der Waals surface area contributed by atoms with E-state index in [1.165, 1.54) is 0 Å². The molecular weight excluding hydrogens is 230 g/mol. The van der Waals surface area contributed by atoms with Crippen LogP contribution in [0.4, 0.5) is 5.69 Å². The highest BCUT2D eigenvalue weighted by Gasteiger charge is 2.03. The Morgan fingerprint density at radius 3 is 2.94 bits per heavy atom. The lowest BCUT2D eigenvalue weighted by Crippen LogP contribution is -2.18. The van der Waals surface area contributed by atoms with Crippen LogP contribution in [0.3, 0.4) is 0 Å². The van der Waals surface area contributed by atoms with Gasteiger partial charge >= 0.3 is 0 Å². The Balaban J connectivity index is 1.80. The molecule has 0 fully saturated rings. The predicted molar refractivity (Wildman–Crippen MR) is 68.5 cm³/mol. The Morgan fingerprint density at radius 2 is 2.33 bits per heavy atom. The van der Waals surface area contributed by atoms with Crippen LogP contribution in [0.5, 0.6) is 5.88 Å². The van der Waals surface area contributed by atoms with Crippen LogP contribution in [-0.2, 0) is 6.54 Å². The number of aromatic nitrogens is 4. The van der Waals surface area contributed by atoms with E-state index in [9.17, 15) is 0 Å². The molecule has 0 bridgehead atoms. The van der Waals surface area contributed by atoms with Crippen LogP contribution in [0.2, 0.25) is 0 Å². The molecule has 0 radical (unpaired) electrons. The SMILES string of the molecule is COc1ccc(NC(C)CCn2cncn2)cn1. The number of nitrogens with zero attached hydrogens (tertiary/aromatic N) is 4. The second-order valence-corrected chi connectivity index (χ2v) is 4.08. The molecule has 2 aromatic rings. The largest absolute Gasteiger partial charge is 0.481 e. The Hall–Kier alpha value is -2.11. The number of ether oxygens (including phenoxy) is 1. The number of hydrogen-bond acceptors (Lipinski definition) is 5. The van der Waals surface area contributed by atoms with Gasteiger partial charge < -0.3 is 10.1 Å². The second kappa shape index (κ2) is 6.00. The number of pyridine rings is 1. The van der Waals surface area contributed by atoms with E-state index in [0.29, 0.717) is 11.9 Å². The zero-order valence-corrected chi connectivity index (χ0v) is 10.6. The highest BCUT2D eigenvalue weighted by Crippen LogP contribution is 2.12. The van der Waals surface area contributed by atoms with Crippen molar-refractivity contribution in [2.75, 3.05) is 12.4 Å². The van der Waals surface area contributed by atoms with E-state index in [1.54, 1.807) is 26.0 Å². The third kappa shape index (κ3) is 3.44. The van der Waals surface area contributed by atoms with Gasteiger partial charge in [-0.3, -0.25) is 4.68 Å². The molecule has 1 N–H and O–H groups in total. The minimum absolute atomic E-state index is 0.337. The molecule has 96 valence electrons. The fraction of sp³-hybridized carbons (Fsp3) is 0.417. The number of hydrogen-bond donors (Lipinski definition) is 1. The fourth-order valence-electron chi connectivity index (χ4n) is 1.62. The predicted octanol–water partition coefficient (Wildman–Crippen LogP) is 1.57. The fourth-order valence-corrected chi connectivity index (χ4v) is 1.62. The number of nitrogens with one attached hydrogen (secondary N) is 1. The summed E-state index contributed by atoms with van der Waals surface area (Å²) in [6.07, 6.45) is 6.01. The van der Waals surface area contributed by atoms with Crippen molar-refractivity contribution in [2.45, 2.75) is 25.9 Å². The third-order valence-electron chi connectivity index (χ3n) is 2.62. The van der Waals surface area contributed by atoms with Crippen LogP contribution in [0.25, 0.3) is 0 Å². The van der Waals surface area contributed by atoms with Crippen LogP contribution in [0.15, 0.2) is 31.0 Å². The van der Waals surface area contributed by atoms with Crippen LogP contribution in [0, 0.1) is 0 Å². The molecule has 0 saturated carbocycles. The molecule has 6 heteroatoms. The van der Waals surface area contributed by atoms with Crippen LogP contribution >= 0.6 is 0 Å². The molecule has 2 rings (SSSR count). The molecule has 6 nitrogen and oxygen atoms in total. The van der Waals surface area contributed by atoms with Gasteiger partial charge in [0, 0.05) is 18.7 Å². The summed E-state index contributed by atoms with van der Waals surface area (Å²) in [5.74, 6) is 0.621. The summed E-state index contributed by atoms with van der Waals surface area (Å²) in [5.41, 5.74) is 0.988. The van der Waals surface area contributed by atoms with Gasteiger partial charge in [-0.25, -0.2) is 9.97 Å². The van der Waals surface area contributed by atoms with E-state index in [2.05, 4.69) is 27.3 Å². The lowest BCUT2D eigenvalue weighted by molar-refractivity contribution is 0.398. The van der Waals surface area contributed by atoms with Gasteiger partial charge in [-0.1, -0.05) is 0 Å². The van der Waals surface area contributed by atoms with E-state index in [1.807, 2.05) is 16.8 Å². The van der Waals surface area contributed by atoms with E-state index in [4.69, 9.17) is 4.74 Å². The average Bonchev–Trinajstić information content (AvgIpc) is 2.90. The number of methoxy groups -OCH3 is 1. The minimum atomic E-state index is 0.337. The van der Waals surface area contributed by atoms with Crippen molar-refractivity contribution < 1.29 is 4.74 Å².